The van der Waals surface area contributed by atoms with Gasteiger partial charge in [0.1, 0.15) is 36.0 Å². The highest BCUT2D eigenvalue weighted by atomic mass is 35.5. The van der Waals surface area contributed by atoms with E-state index in [0.29, 0.717) is 46.0 Å². The van der Waals surface area contributed by atoms with Gasteiger partial charge in [-0.2, -0.15) is 5.26 Å². The lowest BCUT2D eigenvalue weighted by Gasteiger charge is -2.20. The second kappa shape index (κ2) is 14.7. The molecule has 5 aromatic rings. The number of nitriles is 1. The summed E-state index contributed by atoms with van der Waals surface area (Å²) in [4.78, 5) is 8.22. The second-order valence-corrected chi connectivity index (χ2v) is 11.8. The van der Waals surface area contributed by atoms with Crippen molar-refractivity contribution in [3.63, 3.8) is 0 Å². The fourth-order valence-corrected chi connectivity index (χ4v) is 6.25. The maximum atomic E-state index is 9.22. The first-order valence-corrected chi connectivity index (χ1v) is 15.9. The Morgan fingerprint density at radius 2 is 1.87 bits per heavy atom. The maximum absolute atomic E-state index is 9.22. The molecule has 1 N–H and O–H groups in total. The molecule has 1 aliphatic carbocycles. The number of aryl methyl sites for hydroxylation is 1. The van der Waals surface area contributed by atoms with Crippen LogP contribution in [0.1, 0.15) is 46.8 Å². The van der Waals surface area contributed by atoms with Crippen molar-refractivity contribution in [1.82, 2.24) is 19.9 Å². The Morgan fingerprint density at radius 3 is 2.70 bits per heavy atom. The van der Waals surface area contributed by atoms with Crippen LogP contribution in [0.4, 0.5) is 0 Å². The molecule has 1 aliphatic rings. The van der Waals surface area contributed by atoms with Crippen LogP contribution in [0.2, 0.25) is 10.0 Å². The quantitative estimate of drug-likeness (QED) is 0.129. The summed E-state index contributed by atoms with van der Waals surface area (Å²) in [6, 6.07) is 19.8. The number of benzene rings is 3. The average molecular weight is 655 g/mol. The zero-order valence-electron chi connectivity index (χ0n) is 25.4. The SMILES string of the molecule is CNCc1cc(Cl)c(O[C@H]2CCc3c(-c4cccc(OCCCn5ccnc5)c4Cl)cccc32)cc1OCc1cncc(C#N)c1. The van der Waals surface area contributed by atoms with Gasteiger partial charge in [-0.1, -0.05) is 53.5 Å². The monoisotopic (exact) mass is 653 g/mol. The molecule has 0 amide bonds. The van der Waals surface area contributed by atoms with Crippen molar-refractivity contribution in [2.75, 3.05) is 13.7 Å². The van der Waals surface area contributed by atoms with Crippen LogP contribution in [-0.4, -0.2) is 28.2 Å². The Kier molecular flexibility index (Phi) is 10.0. The standard InChI is InChI=1S/C36H33Cl2N5O3/c1-40-21-26-16-31(37)35(17-34(26)45-22-25-15-24(18-39)19-42-20-25)46-32-10-9-28-27(5-2-6-29(28)32)30-7-3-8-33(36(30)38)44-14-4-12-43-13-11-41-23-43/h2-3,5-8,11,13,15-17,19-20,23,32,40H,4,9-10,12,14,21-22H2,1H3/t32-/m0/s1. The second-order valence-electron chi connectivity index (χ2n) is 11.0. The number of nitrogens with one attached hydrogen (secondary N) is 1. The lowest BCUT2D eigenvalue weighted by atomic mass is 9.96. The molecular formula is C36H33Cl2N5O3. The number of halogens is 2. The van der Waals surface area contributed by atoms with E-state index in [9.17, 15) is 5.26 Å². The molecule has 0 saturated heterocycles. The Balaban J connectivity index is 1.19. The third-order valence-electron chi connectivity index (χ3n) is 7.92. The van der Waals surface area contributed by atoms with E-state index in [1.807, 2.05) is 54.2 Å². The number of rotatable bonds is 13. The Hall–Kier alpha value is -4.55. The molecule has 46 heavy (non-hydrogen) atoms. The molecule has 0 spiro atoms. The Labute approximate surface area is 278 Å². The first-order valence-electron chi connectivity index (χ1n) is 15.1. The molecule has 8 nitrogen and oxygen atoms in total. The number of fused-ring (bicyclic) bond motifs is 1. The van der Waals surface area contributed by atoms with Crippen molar-refractivity contribution >= 4 is 23.2 Å². The molecule has 1 atom stereocenters. The van der Waals surface area contributed by atoms with Crippen molar-refractivity contribution in [3.8, 4) is 34.4 Å². The molecule has 234 valence electrons. The zero-order valence-corrected chi connectivity index (χ0v) is 26.9. The van der Waals surface area contributed by atoms with Gasteiger partial charge in [-0.05, 0) is 61.2 Å². The van der Waals surface area contributed by atoms with Crippen molar-refractivity contribution in [2.24, 2.45) is 0 Å². The van der Waals surface area contributed by atoms with Crippen LogP contribution in [0, 0.1) is 11.3 Å². The van der Waals surface area contributed by atoms with Crippen LogP contribution in [0.3, 0.4) is 0 Å². The minimum Gasteiger partial charge on any atom is -0.492 e. The predicted octanol–water partition coefficient (Wildman–Crippen LogP) is 7.96. The number of pyridine rings is 1. The van der Waals surface area contributed by atoms with E-state index in [0.717, 1.165) is 53.6 Å². The van der Waals surface area contributed by atoms with Crippen molar-refractivity contribution in [3.05, 3.63) is 124 Å². The average Bonchev–Trinajstić information content (AvgIpc) is 3.75. The summed E-state index contributed by atoms with van der Waals surface area (Å²) in [5.74, 6) is 1.87. The van der Waals surface area contributed by atoms with E-state index >= 15 is 0 Å². The molecule has 0 saturated carbocycles. The van der Waals surface area contributed by atoms with Gasteiger partial charge in [0.15, 0.2) is 0 Å². The van der Waals surface area contributed by atoms with Crippen LogP contribution in [0.25, 0.3) is 11.1 Å². The topological polar surface area (TPSA) is 94.2 Å². The molecule has 0 bridgehead atoms. The van der Waals surface area contributed by atoms with Gasteiger partial charge in [-0.15, -0.1) is 0 Å². The molecular weight excluding hydrogens is 621 g/mol. The smallest absolute Gasteiger partial charge is 0.142 e. The van der Waals surface area contributed by atoms with Gasteiger partial charge in [0.25, 0.3) is 0 Å². The Morgan fingerprint density at radius 1 is 1.00 bits per heavy atom. The number of hydrogen-bond acceptors (Lipinski definition) is 7. The number of nitrogens with zero attached hydrogens (tertiary/aromatic N) is 4. The van der Waals surface area contributed by atoms with E-state index in [4.69, 9.17) is 37.4 Å². The van der Waals surface area contributed by atoms with Gasteiger partial charge in [0.05, 0.1) is 28.5 Å². The molecule has 2 heterocycles. The summed E-state index contributed by atoms with van der Waals surface area (Å²) in [5.41, 5.74) is 6.51. The highest BCUT2D eigenvalue weighted by Gasteiger charge is 2.28. The normalized spacial score (nSPS) is 13.7. The van der Waals surface area contributed by atoms with Gasteiger partial charge in [-0.25, -0.2) is 4.98 Å². The summed E-state index contributed by atoms with van der Waals surface area (Å²) in [6.45, 7) is 2.20. The van der Waals surface area contributed by atoms with Crippen LogP contribution >= 0.6 is 23.2 Å². The largest absolute Gasteiger partial charge is 0.492 e. The summed E-state index contributed by atoms with van der Waals surface area (Å²) < 4.78 is 20.9. The van der Waals surface area contributed by atoms with E-state index < -0.39 is 0 Å². The third-order valence-corrected chi connectivity index (χ3v) is 8.60. The van der Waals surface area contributed by atoms with E-state index in [2.05, 4.69) is 33.5 Å². The zero-order chi connectivity index (χ0) is 31.9. The number of hydrogen-bond donors (Lipinski definition) is 1. The van der Waals surface area contributed by atoms with Crippen molar-refractivity contribution in [1.29, 1.82) is 5.26 Å². The molecule has 0 radical (unpaired) electrons. The van der Waals surface area contributed by atoms with Gasteiger partial charge in [-0.3, -0.25) is 4.98 Å². The molecule has 2 aromatic heterocycles. The highest BCUT2D eigenvalue weighted by Crippen LogP contribution is 2.45. The third kappa shape index (κ3) is 7.13. The maximum Gasteiger partial charge on any atom is 0.142 e. The minimum absolute atomic E-state index is 0.187. The fourth-order valence-electron chi connectivity index (χ4n) is 5.74. The van der Waals surface area contributed by atoms with Crippen LogP contribution < -0.4 is 19.5 Å². The summed E-state index contributed by atoms with van der Waals surface area (Å²) in [6.07, 6.45) is 11.0. The van der Waals surface area contributed by atoms with Gasteiger partial charge >= 0.3 is 0 Å². The number of ether oxygens (including phenoxy) is 3. The van der Waals surface area contributed by atoms with Crippen LogP contribution in [0.5, 0.6) is 17.2 Å². The van der Waals surface area contributed by atoms with Crippen LogP contribution in [-0.2, 0) is 26.1 Å². The molecule has 0 aliphatic heterocycles. The minimum atomic E-state index is -0.187. The predicted molar refractivity (Wildman–Crippen MR) is 178 cm³/mol. The van der Waals surface area contributed by atoms with Crippen LogP contribution in [0.15, 0.2) is 85.7 Å². The number of aromatic nitrogens is 3. The fraction of sp³-hybridized carbons (Fsp3) is 0.250. The number of imidazole rings is 1. The molecule has 0 fully saturated rings. The van der Waals surface area contributed by atoms with Crippen molar-refractivity contribution in [2.45, 2.75) is 45.1 Å². The van der Waals surface area contributed by atoms with Gasteiger partial charge < -0.3 is 24.1 Å². The lowest BCUT2D eigenvalue weighted by Crippen LogP contribution is -2.09. The van der Waals surface area contributed by atoms with Crippen molar-refractivity contribution < 1.29 is 14.2 Å². The first kappa shape index (κ1) is 31.4. The van der Waals surface area contributed by atoms with E-state index in [-0.39, 0.29) is 12.7 Å². The summed E-state index contributed by atoms with van der Waals surface area (Å²) >= 11 is 13.7. The highest BCUT2D eigenvalue weighted by molar-refractivity contribution is 6.35. The molecule has 0 unspecified atom stereocenters. The summed E-state index contributed by atoms with van der Waals surface area (Å²) in [5, 5.41) is 13.5. The van der Waals surface area contributed by atoms with E-state index in [1.165, 1.54) is 11.8 Å². The Bertz CT molecular complexity index is 1860. The van der Waals surface area contributed by atoms with Gasteiger partial charge in [0.2, 0.25) is 0 Å². The summed E-state index contributed by atoms with van der Waals surface area (Å²) in [7, 11) is 1.87. The van der Waals surface area contributed by atoms with Gasteiger partial charge in [0, 0.05) is 60.6 Å². The molecule has 3 aromatic carbocycles. The molecule has 6 rings (SSSR count). The first-order chi connectivity index (χ1) is 22.5. The molecule has 10 heteroatoms. The lowest BCUT2D eigenvalue weighted by molar-refractivity contribution is 0.206. The van der Waals surface area contributed by atoms with E-state index in [1.54, 1.807) is 24.8 Å².